The van der Waals surface area contributed by atoms with Crippen molar-refractivity contribution >= 4 is 11.6 Å². The fourth-order valence-electron chi connectivity index (χ4n) is 5.83. The molecule has 0 spiro atoms. The zero-order valence-corrected chi connectivity index (χ0v) is 21.7. The van der Waals surface area contributed by atoms with Gasteiger partial charge in [-0.25, -0.2) is 9.37 Å². The minimum Gasteiger partial charge on any atom is -0.381 e. The van der Waals surface area contributed by atoms with E-state index in [1.165, 1.54) is 29.4 Å². The largest absolute Gasteiger partial charge is 0.416 e. The molecular weight excluding hydrogens is 514 g/mol. The first kappa shape index (κ1) is 25.9. The molecule has 39 heavy (non-hydrogen) atoms. The first-order chi connectivity index (χ1) is 18.5. The molecule has 2 fully saturated rings. The first-order valence-corrected chi connectivity index (χ1v) is 13.0. The molecule has 3 heterocycles. The Hall–Kier alpha value is -3.31. The van der Waals surface area contributed by atoms with Gasteiger partial charge in [-0.2, -0.15) is 18.3 Å². The molecule has 1 unspecified atom stereocenters. The average molecular weight is 544 g/mol. The summed E-state index contributed by atoms with van der Waals surface area (Å²) < 4.78 is 64.5. The van der Waals surface area contributed by atoms with Crippen LogP contribution in [-0.2, 0) is 31.1 Å². The number of alkyl halides is 3. The fraction of sp³-hybridized carbons (Fsp3) is 0.464. The third-order valence-electron chi connectivity index (χ3n) is 8.32. The monoisotopic (exact) mass is 543 g/mol. The lowest BCUT2D eigenvalue weighted by molar-refractivity contribution is -0.138. The van der Waals surface area contributed by atoms with Gasteiger partial charge in [0.15, 0.2) is 0 Å². The van der Waals surface area contributed by atoms with E-state index in [9.17, 15) is 18.0 Å². The van der Waals surface area contributed by atoms with Crippen LogP contribution in [0.1, 0.15) is 70.5 Å². The van der Waals surface area contributed by atoms with Gasteiger partial charge in [0.2, 0.25) is 0 Å². The summed E-state index contributed by atoms with van der Waals surface area (Å²) in [5.74, 6) is -0.873. The molecule has 2 aromatic carbocycles. The van der Waals surface area contributed by atoms with Crippen molar-refractivity contribution in [2.24, 2.45) is 13.0 Å². The second kappa shape index (κ2) is 9.41. The maximum absolute atomic E-state index is 15.0. The lowest BCUT2D eigenvalue weighted by Crippen LogP contribution is -2.47. The standard InChI is InChI=1S/C28H29F4N5O2/c1-27(4-3-5-27)34-11-16-6-21-22(23(7-16)28(30,31)32)12-37(26(21)38)20-9-17(8-19(29)10-20)24(18-13-39-14-18)25-33-15-35-36(25)2/h6-10,15,18,24,34H,3-5,11-14H2,1-2H3. The fourth-order valence-corrected chi connectivity index (χ4v) is 5.83. The minimum atomic E-state index is -4.63. The number of benzene rings is 2. The van der Waals surface area contributed by atoms with E-state index in [1.807, 2.05) is 6.92 Å². The van der Waals surface area contributed by atoms with Gasteiger partial charge in [0, 0.05) is 36.3 Å². The molecule has 3 aromatic rings. The molecule has 6 rings (SSSR count). The maximum Gasteiger partial charge on any atom is 0.416 e. The van der Waals surface area contributed by atoms with Gasteiger partial charge in [0.05, 0.1) is 31.2 Å². The van der Waals surface area contributed by atoms with Crippen molar-refractivity contribution in [3.05, 3.63) is 76.1 Å². The highest BCUT2D eigenvalue weighted by atomic mass is 19.4. The molecule has 2 aliphatic heterocycles. The third kappa shape index (κ3) is 4.71. The summed E-state index contributed by atoms with van der Waals surface area (Å²) in [5, 5.41) is 7.48. The third-order valence-corrected chi connectivity index (χ3v) is 8.32. The van der Waals surface area contributed by atoms with E-state index in [1.54, 1.807) is 17.8 Å². The number of hydrogen-bond acceptors (Lipinski definition) is 5. The van der Waals surface area contributed by atoms with Crippen LogP contribution in [0, 0.1) is 11.7 Å². The molecule has 1 amide bonds. The summed E-state index contributed by atoms with van der Waals surface area (Å²) in [6, 6.07) is 6.89. The Morgan fingerprint density at radius 1 is 1.18 bits per heavy atom. The second-order valence-corrected chi connectivity index (χ2v) is 11.1. The first-order valence-electron chi connectivity index (χ1n) is 13.0. The molecule has 1 N–H and O–H groups in total. The molecular formula is C28H29F4N5O2. The average Bonchev–Trinajstić information content (AvgIpc) is 3.40. The minimum absolute atomic E-state index is 0.00319. The maximum atomic E-state index is 15.0. The Balaban J connectivity index is 1.36. The topological polar surface area (TPSA) is 72.3 Å². The zero-order chi connectivity index (χ0) is 27.5. The molecule has 0 bridgehead atoms. The SMILES string of the molecule is Cn1ncnc1C(c1cc(F)cc(N2Cc3c(cc(CNC4(C)CCC4)cc3C(F)(F)F)C2=O)c1)C1COC1. The van der Waals surface area contributed by atoms with Crippen molar-refractivity contribution < 1.29 is 27.1 Å². The van der Waals surface area contributed by atoms with Crippen molar-refractivity contribution in [3.8, 4) is 0 Å². The number of halogens is 4. The highest BCUT2D eigenvalue weighted by molar-refractivity contribution is 6.10. The number of hydrogen-bond donors (Lipinski definition) is 1. The number of nitrogens with zero attached hydrogens (tertiary/aromatic N) is 4. The predicted octanol–water partition coefficient (Wildman–Crippen LogP) is 4.94. The van der Waals surface area contributed by atoms with Crippen LogP contribution in [0.15, 0.2) is 36.7 Å². The molecule has 1 atom stereocenters. The number of anilines is 1. The van der Waals surface area contributed by atoms with Crippen LogP contribution in [0.25, 0.3) is 0 Å². The van der Waals surface area contributed by atoms with Gasteiger partial charge in [-0.05, 0) is 73.2 Å². The molecule has 1 aliphatic carbocycles. The number of amides is 1. The van der Waals surface area contributed by atoms with Crippen LogP contribution >= 0.6 is 0 Å². The van der Waals surface area contributed by atoms with Gasteiger partial charge < -0.3 is 15.0 Å². The van der Waals surface area contributed by atoms with E-state index in [-0.39, 0.29) is 47.3 Å². The summed E-state index contributed by atoms with van der Waals surface area (Å²) in [6.45, 7) is 2.91. The summed E-state index contributed by atoms with van der Waals surface area (Å²) in [4.78, 5) is 19.1. The van der Waals surface area contributed by atoms with E-state index in [0.29, 0.717) is 30.2 Å². The van der Waals surface area contributed by atoms with Crippen molar-refractivity contribution in [3.63, 3.8) is 0 Å². The van der Waals surface area contributed by atoms with E-state index in [4.69, 9.17) is 4.74 Å². The Morgan fingerprint density at radius 3 is 2.54 bits per heavy atom. The Bertz CT molecular complexity index is 1430. The highest BCUT2D eigenvalue weighted by Gasteiger charge is 2.41. The van der Waals surface area contributed by atoms with Gasteiger partial charge in [-0.1, -0.05) is 0 Å². The molecule has 206 valence electrons. The van der Waals surface area contributed by atoms with Gasteiger partial charge in [-0.15, -0.1) is 0 Å². The number of carbonyl (C=O) groups is 1. The zero-order valence-electron chi connectivity index (χ0n) is 21.7. The summed E-state index contributed by atoms with van der Waals surface area (Å²) in [6.07, 6.45) is -0.221. The summed E-state index contributed by atoms with van der Waals surface area (Å²) in [7, 11) is 1.74. The summed E-state index contributed by atoms with van der Waals surface area (Å²) in [5.41, 5.74) is 0.151. The van der Waals surface area contributed by atoms with Crippen LogP contribution in [0.3, 0.4) is 0 Å². The number of aryl methyl sites for hydroxylation is 1. The van der Waals surface area contributed by atoms with Gasteiger partial charge in [0.1, 0.15) is 18.0 Å². The number of nitrogens with one attached hydrogen (secondary N) is 1. The van der Waals surface area contributed by atoms with Gasteiger partial charge in [-0.3, -0.25) is 9.48 Å². The molecule has 1 aromatic heterocycles. The lowest BCUT2D eigenvalue weighted by atomic mass is 9.78. The number of carbonyl (C=O) groups excluding carboxylic acids is 1. The van der Waals surface area contributed by atoms with Crippen LogP contribution in [0.2, 0.25) is 0 Å². The quantitative estimate of drug-likeness (QED) is 0.428. The van der Waals surface area contributed by atoms with E-state index >= 15 is 4.39 Å². The van der Waals surface area contributed by atoms with E-state index < -0.39 is 23.5 Å². The van der Waals surface area contributed by atoms with Crippen molar-refractivity contribution in [2.45, 2.75) is 56.9 Å². The number of fused-ring (bicyclic) bond motifs is 1. The number of ether oxygens (including phenoxy) is 1. The summed E-state index contributed by atoms with van der Waals surface area (Å²) >= 11 is 0. The number of aromatic nitrogens is 3. The van der Waals surface area contributed by atoms with E-state index in [0.717, 1.165) is 25.3 Å². The molecule has 1 saturated carbocycles. The lowest BCUT2D eigenvalue weighted by Gasteiger charge is -2.39. The Morgan fingerprint density at radius 2 is 1.95 bits per heavy atom. The Kier molecular flexibility index (Phi) is 6.26. The van der Waals surface area contributed by atoms with E-state index in [2.05, 4.69) is 15.4 Å². The van der Waals surface area contributed by atoms with Crippen LogP contribution in [-0.4, -0.2) is 39.4 Å². The predicted molar refractivity (Wildman–Crippen MR) is 135 cm³/mol. The Labute approximate surface area is 223 Å². The number of rotatable bonds is 7. The van der Waals surface area contributed by atoms with Gasteiger partial charge >= 0.3 is 6.18 Å². The van der Waals surface area contributed by atoms with Crippen LogP contribution < -0.4 is 10.2 Å². The second-order valence-electron chi connectivity index (χ2n) is 11.1. The highest BCUT2D eigenvalue weighted by Crippen LogP contribution is 2.42. The van der Waals surface area contributed by atoms with Crippen LogP contribution in [0.4, 0.5) is 23.2 Å². The normalized spacial score (nSPS) is 19.5. The van der Waals surface area contributed by atoms with Gasteiger partial charge in [0.25, 0.3) is 5.91 Å². The van der Waals surface area contributed by atoms with Crippen LogP contribution in [0.5, 0.6) is 0 Å². The van der Waals surface area contributed by atoms with Crippen molar-refractivity contribution in [2.75, 3.05) is 18.1 Å². The molecule has 11 heteroatoms. The molecule has 7 nitrogen and oxygen atoms in total. The smallest absolute Gasteiger partial charge is 0.381 e. The molecule has 0 radical (unpaired) electrons. The van der Waals surface area contributed by atoms with Crippen molar-refractivity contribution in [1.29, 1.82) is 0 Å². The van der Waals surface area contributed by atoms with Crippen molar-refractivity contribution in [1.82, 2.24) is 20.1 Å². The molecule has 1 saturated heterocycles. The molecule has 3 aliphatic rings.